The molecule has 0 rings (SSSR count). The minimum absolute atomic E-state index is 0.116. The maximum absolute atomic E-state index is 11.2. The molecule has 0 saturated heterocycles. The summed E-state index contributed by atoms with van der Waals surface area (Å²) in [5.74, 6) is -0.225. The van der Waals surface area contributed by atoms with Crippen LogP contribution in [-0.4, -0.2) is 34.9 Å². The van der Waals surface area contributed by atoms with Gasteiger partial charge in [-0.3, -0.25) is 14.4 Å². The fourth-order valence-electron chi connectivity index (χ4n) is 0.844. The van der Waals surface area contributed by atoms with E-state index in [1.54, 1.807) is 0 Å². The molecular weight excluding hydrogens is 229 g/mol. The van der Waals surface area contributed by atoms with Gasteiger partial charge in [0, 0.05) is 19.9 Å². The third-order valence-corrected chi connectivity index (χ3v) is 1.86. The highest BCUT2D eigenvalue weighted by Crippen LogP contribution is 2.02. The van der Waals surface area contributed by atoms with Gasteiger partial charge in [-0.25, -0.2) is 0 Å². The summed E-state index contributed by atoms with van der Waals surface area (Å²) < 4.78 is 0. The molecule has 0 aromatic heterocycles. The number of rotatable bonds is 6. The molecule has 0 aliphatic rings. The molecule has 0 N–H and O–H groups in total. The van der Waals surface area contributed by atoms with Crippen LogP contribution >= 0.6 is 23.2 Å². The summed E-state index contributed by atoms with van der Waals surface area (Å²) in [6.45, 7) is -0.116. The maximum atomic E-state index is 11.2. The number of halogens is 2. The smallest absolute Gasteiger partial charge is 0.241 e. The molecule has 80 valence electrons. The number of carbonyl (C=O) groups excluding carboxylic acids is 3. The van der Waals surface area contributed by atoms with Crippen molar-refractivity contribution in [1.82, 2.24) is 4.90 Å². The molecule has 0 aliphatic heterocycles. The number of amides is 1. The van der Waals surface area contributed by atoms with Gasteiger partial charge in [-0.15, -0.1) is 0 Å². The van der Waals surface area contributed by atoms with Crippen molar-refractivity contribution >= 4 is 39.6 Å². The molecule has 0 fully saturated rings. The van der Waals surface area contributed by atoms with Gasteiger partial charge in [0.15, 0.2) is 0 Å². The molecule has 0 aromatic carbocycles. The highest BCUT2D eigenvalue weighted by atomic mass is 35.5. The first kappa shape index (κ1) is 13.4. The summed E-state index contributed by atoms with van der Waals surface area (Å²) in [7, 11) is 1.48. The van der Waals surface area contributed by atoms with Crippen molar-refractivity contribution in [2.24, 2.45) is 0 Å². The van der Waals surface area contributed by atoms with Gasteiger partial charge in [0.05, 0.1) is 6.54 Å². The summed E-state index contributed by atoms with van der Waals surface area (Å²) >= 11 is 10.2. The van der Waals surface area contributed by atoms with Gasteiger partial charge in [-0.2, -0.15) is 0 Å². The second-order valence-electron chi connectivity index (χ2n) is 2.81. The van der Waals surface area contributed by atoms with Crippen molar-refractivity contribution in [3.05, 3.63) is 0 Å². The van der Waals surface area contributed by atoms with Gasteiger partial charge < -0.3 is 4.90 Å². The number of carbonyl (C=O) groups is 3. The van der Waals surface area contributed by atoms with Gasteiger partial charge in [0.1, 0.15) is 0 Å². The zero-order valence-electron chi connectivity index (χ0n) is 7.76. The predicted octanol–water partition coefficient (Wildman–Crippen LogP) is 1.15. The van der Waals surface area contributed by atoms with Crippen LogP contribution in [0.2, 0.25) is 0 Å². The van der Waals surface area contributed by atoms with Crippen LogP contribution in [0, 0.1) is 0 Å². The van der Waals surface area contributed by atoms with Crippen molar-refractivity contribution < 1.29 is 14.4 Å². The molecular formula is C8H11Cl2NO3. The van der Waals surface area contributed by atoms with Gasteiger partial charge in [0.2, 0.25) is 16.4 Å². The molecule has 0 aromatic rings. The first-order valence-corrected chi connectivity index (χ1v) is 4.79. The molecule has 6 heteroatoms. The van der Waals surface area contributed by atoms with Crippen LogP contribution in [0.1, 0.15) is 19.3 Å². The minimum atomic E-state index is -0.589. The van der Waals surface area contributed by atoms with Crippen LogP contribution in [0.4, 0.5) is 0 Å². The highest BCUT2D eigenvalue weighted by molar-refractivity contribution is 6.64. The number of likely N-dealkylation sites (N-methyl/N-ethyl adjacent to an activating group) is 1. The van der Waals surface area contributed by atoms with Crippen LogP contribution < -0.4 is 0 Å². The maximum Gasteiger partial charge on any atom is 0.241 e. The van der Waals surface area contributed by atoms with Crippen LogP contribution in [0.15, 0.2) is 0 Å². The summed E-state index contributed by atoms with van der Waals surface area (Å²) in [4.78, 5) is 33.2. The summed E-state index contributed by atoms with van der Waals surface area (Å²) in [6, 6.07) is 0. The minimum Gasteiger partial charge on any atom is -0.337 e. The fourth-order valence-corrected chi connectivity index (χ4v) is 1.16. The van der Waals surface area contributed by atoms with E-state index >= 15 is 0 Å². The van der Waals surface area contributed by atoms with E-state index in [9.17, 15) is 14.4 Å². The molecule has 14 heavy (non-hydrogen) atoms. The summed E-state index contributed by atoms with van der Waals surface area (Å²) in [6.07, 6.45) is 0.747. The molecule has 0 atom stereocenters. The van der Waals surface area contributed by atoms with Gasteiger partial charge in [0.25, 0.3) is 0 Å². The molecule has 0 bridgehead atoms. The van der Waals surface area contributed by atoms with E-state index in [0.29, 0.717) is 6.42 Å². The normalized spacial score (nSPS) is 9.64. The van der Waals surface area contributed by atoms with E-state index in [2.05, 4.69) is 0 Å². The van der Waals surface area contributed by atoms with Crippen LogP contribution in [0.5, 0.6) is 0 Å². The van der Waals surface area contributed by atoms with Crippen LogP contribution in [-0.2, 0) is 14.4 Å². The number of nitrogens with zero attached hydrogens (tertiary/aromatic N) is 1. The second-order valence-corrected chi connectivity index (χ2v) is 3.66. The van der Waals surface area contributed by atoms with E-state index in [-0.39, 0.29) is 25.3 Å². The Balaban J connectivity index is 3.73. The van der Waals surface area contributed by atoms with E-state index in [0.717, 1.165) is 0 Å². The van der Waals surface area contributed by atoms with Crippen molar-refractivity contribution in [2.45, 2.75) is 19.3 Å². The largest absolute Gasteiger partial charge is 0.337 e. The molecule has 0 spiro atoms. The Kier molecular flexibility index (Phi) is 6.49. The first-order valence-electron chi connectivity index (χ1n) is 4.04. The molecule has 0 radical (unpaired) electrons. The molecule has 0 aliphatic carbocycles. The SMILES string of the molecule is CN(CC(=O)Cl)C(=O)CCCC(=O)Cl. The third kappa shape index (κ3) is 6.86. The predicted molar refractivity (Wildman–Crippen MR) is 53.2 cm³/mol. The monoisotopic (exact) mass is 239 g/mol. The molecule has 0 saturated carbocycles. The lowest BCUT2D eigenvalue weighted by Crippen LogP contribution is -2.30. The Labute approximate surface area is 92.1 Å². The second kappa shape index (κ2) is 6.79. The van der Waals surface area contributed by atoms with Crippen molar-refractivity contribution in [3.8, 4) is 0 Å². The Hall–Kier alpha value is -0.610. The zero-order chi connectivity index (χ0) is 11.1. The third-order valence-electron chi connectivity index (χ3n) is 1.55. The van der Waals surface area contributed by atoms with Gasteiger partial charge in [-0.1, -0.05) is 0 Å². The lowest BCUT2D eigenvalue weighted by molar-refractivity contribution is -0.132. The Morgan fingerprint density at radius 2 is 1.64 bits per heavy atom. The zero-order valence-corrected chi connectivity index (χ0v) is 9.27. The van der Waals surface area contributed by atoms with Crippen LogP contribution in [0.25, 0.3) is 0 Å². The molecule has 1 amide bonds. The Morgan fingerprint density at radius 3 is 2.07 bits per heavy atom. The van der Waals surface area contributed by atoms with Gasteiger partial charge in [-0.05, 0) is 29.6 Å². The summed E-state index contributed by atoms with van der Waals surface area (Å²) in [5.41, 5.74) is 0. The lowest BCUT2D eigenvalue weighted by Gasteiger charge is -2.13. The summed E-state index contributed by atoms with van der Waals surface area (Å²) in [5, 5.41) is -1.05. The van der Waals surface area contributed by atoms with E-state index in [1.165, 1.54) is 11.9 Å². The quantitative estimate of drug-likeness (QED) is 0.654. The van der Waals surface area contributed by atoms with Gasteiger partial charge >= 0.3 is 0 Å². The van der Waals surface area contributed by atoms with Crippen molar-refractivity contribution in [3.63, 3.8) is 0 Å². The standard InChI is InChI=1S/C8H11Cl2NO3/c1-11(5-7(10)13)8(14)4-2-3-6(9)12/h2-5H2,1H3. The Bertz CT molecular complexity index is 243. The average Bonchev–Trinajstić information content (AvgIpc) is 2.01. The highest BCUT2D eigenvalue weighted by Gasteiger charge is 2.11. The van der Waals surface area contributed by atoms with Crippen molar-refractivity contribution in [1.29, 1.82) is 0 Å². The fraction of sp³-hybridized carbons (Fsp3) is 0.625. The lowest BCUT2D eigenvalue weighted by atomic mass is 10.2. The first-order chi connectivity index (χ1) is 6.43. The Morgan fingerprint density at radius 1 is 1.07 bits per heavy atom. The average molecular weight is 240 g/mol. The van der Waals surface area contributed by atoms with Crippen molar-refractivity contribution in [2.75, 3.05) is 13.6 Å². The molecule has 0 heterocycles. The van der Waals surface area contributed by atoms with E-state index in [4.69, 9.17) is 23.2 Å². The van der Waals surface area contributed by atoms with E-state index < -0.39 is 10.5 Å². The molecule has 4 nitrogen and oxygen atoms in total. The van der Waals surface area contributed by atoms with E-state index in [1.807, 2.05) is 0 Å². The number of hydrogen-bond donors (Lipinski definition) is 0. The molecule has 0 unspecified atom stereocenters. The van der Waals surface area contributed by atoms with Crippen LogP contribution in [0.3, 0.4) is 0 Å². The topological polar surface area (TPSA) is 54.5 Å². The number of hydrogen-bond acceptors (Lipinski definition) is 3.